The van der Waals surface area contributed by atoms with E-state index in [2.05, 4.69) is 10.3 Å². The molecule has 7 heteroatoms. The minimum Gasteiger partial charge on any atom is -0.491 e. The van der Waals surface area contributed by atoms with E-state index in [1.165, 1.54) is 11.3 Å². The zero-order chi connectivity index (χ0) is 17.8. The molecule has 1 aromatic carbocycles. The third-order valence-corrected chi connectivity index (χ3v) is 5.17. The molecule has 0 aliphatic carbocycles. The maximum atomic E-state index is 12.8. The normalized spacial score (nSPS) is 16.6. The van der Waals surface area contributed by atoms with Crippen LogP contribution in [-0.4, -0.2) is 48.1 Å². The van der Waals surface area contributed by atoms with E-state index >= 15 is 0 Å². The Hall–Kier alpha value is -1.63. The Labute approximate surface area is 165 Å². The van der Waals surface area contributed by atoms with Gasteiger partial charge in [-0.2, -0.15) is 0 Å². The van der Waals surface area contributed by atoms with Crippen LogP contribution in [0.4, 0.5) is 0 Å². The second-order valence-electron chi connectivity index (χ2n) is 6.58. The van der Waals surface area contributed by atoms with Gasteiger partial charge in [0.25, 0.3) is 5.91 Å². The highest BCUT2D eigenvalue weighted by Crippen LogP contribution is 2.27. The van der Waals surface area contributed by atoms with E-state index in [1.54, 1.807) is 0 Å². The van der Waals surface area contributed by atoms with Crippen molar-refractivity contribution >= 4 is 29.7 Å². The molecular formula is C19H26ClN3O2S. The topological polar surface area (TPSA) is 54.5 Å². The van der Waals surface area contributed by atoms with Crippen LogP contribution < -0.4 is 10.1 Å². The van der Waals surface area contributed by atoms with Gasteiger partial charge in [0, 0.05) is 30.1 Å². The van der Waals surface area contributed by atoms with E-state index in [4.69, 9.17) is 4.74 Å². The molecule has 1 aliphatic heterocycles. The Morgan fingerprint density at radius 3 is 2.77 bits per heavy atom. The number of ether oxygens (including phenoxy) is 1. The van der Waals surface area contributed by atoms with Crippen LogP contribution in [0.25, 0.3) is 10.6 Å². The monoisotopic (exact) mass is 395 g/mol. The fourth-order valence-electron chi connectivity index (χ4n) is 3.15. The minimum atomic E-state index is 0. The molecule has 1 atom stereocenters. The molecule has 1 saturated heterocycles. The Balaban J connectivity index is 0.00000243. The molecule has 26 heavy (non-hydrogen) atoms. The lowest BCUT2D eigenvalue weighted by Crippen LogP contribution is -2.40. The number of thiazole rings is 1. The summed E-state index contributed by atoms with van der Waals surface area (Å²) in [6.45, 7) is 5.66. The number of nitrogens with one attached hydrogen (secondary N) is 1. The fraction of sp³-hybridized carbons (Fsp3) is 0.474. The molecule has 2 aromatic rings. The highest BCUT2D eigenvalue weighted by molar-refractivity contribution is 7.13. The van der Waals surface area contributed by atoms with Gasteiger partial charge in [-0.1, -0.05) is 0 Å². The zero-order valence-electron chi connectivity index (χ0n) is 15.4. The molecule has 5 nitrogen and oxygen atoms in total. The van der Waals surface area contributed by atoms with Gasteiger partial charge in [0.1, 0.15) is 16.5 Å². The van der Waals surface area contributed by atoms with Crippen LogP contribution in [-0.2, 0) is 0 Å². The van der Waals surface area contributed by atoms with E-state index in [0.29, 0.717) is 5.69 Å². The lowest BCUT2D eigenvalue weighted by molar-refractivity contribution is 0.0732. The van der Waals surface area contributed by atoms with Crippen molar-refractivity contribution in [2.75, 3.05) is 20.1 Å². The number of hydrogen-bond donors (Lipinski definition) is 1. The summed E-state index contributed by atoms with van der Waals surface area (Å²) in [5, 5.41) is 5.90. The number of carbonyl (C=O) groups is 1. The first-order chi connectivity index (χ1) is 12.1. The van der Waals surface area contributed by atoms with Gasteiger partial charge in [-0.15, -0.1) is 23.7 Å². The molecule has 0 radical (unpaired) electrons. The number of rotatable bonds is 6. The smallest absolute Gasteiger partial charge is 0.273 e. The molecule has 3 rings (SSSR count). The van der Waals surface area contributed by atoms with Crippen molar-refractivity contribution in [2.24, 2.45) is 0 Å². The first-order valence-electron chi connectivity index (χ1n) is 8.76. The second-order valence-corrected chi connectivity index (χ2v) is 7.44. The Morgan fingerprint density at radius 2 is 2.12 bits per heavy atom. The van der Waals surface area contributed by atoms with Gasteiger partial charge in [0.05, 0.1) is 6.10 Å². The van der Waals surface area contributed by atoms with E-state index < -0.39 is 0 Å². The van der Waals surface area contributed by atoms with Crippen LogP contribution in [0.2, 0.25) is 0 Å². The second kappa shape index (κ2) is 9.35. The quantitative estimate of drug-likeness (QED) is 0.807. The summed E-state index contributed by atoms with van der Waals surface area (Å²) in [5.74, 6) is 0.888. The van der Waals surface area contributed by atoms with Crippen LogP contribution in [0.5, 0.6) is 5.75 Å². The van der Waals surface area contributed by atoms with Crippen molar-refractivity contribution in [1.29, 1.82) is 0 Å². The third kappa shape index (κ3) is 4.75. The molecule has 0 saturated carbocycles. The maximum absolute atomic E-state index is 12.8. The van der Waals surface area contributed by atoms with Gasteiger partial charge in [0.2, 0.25) is 0 Å². The van der Waals surface area contributed by atoms with E-state index in [-0.39, 0.29) is 30.5 Å². The van der Waals surface area contributed by atoms with Crippen LogP contribution in [0.1, 0.15) is 37.2 Å². The van der Waals surface area contributed by atoms with Gasteiger partial charge < -0.3 is 15.0 Å². The molecule has 1 aromatic heterocycles. The molecule has 1 fully saturated rings. The van der Waals surface area contributed by atoms with Gasteiger partial charge in [-0.25, -0.2) is 4.98 Å². The third-order valence-electron chi connectivity index (χ3n) is 4.27. The SMILES string of the molecule is CNCC1CCCN1C(=O)c1csc(-c2ccc(OC(C)C)cc2)n1.Cl. The molecule has 1 amide bonds. The lowest BCUT2D eigenvalue weighted by Gasteiger charge is -2.23. The number of hydrogen-bond acceptors (Lipinski definition) is 5. The number of benzene rings is 1. The molecule has 1 aliphatic rings. The number of halogens is 1. The number of likely N-dealkylation sites (N-methyl/N-ethyl adjacent to an activating group) is 1. The van der Waals surface area contributed by atoms with Crippen molar-refractivity contribution in [1.82, 2.24) is 15.2 Å². The standard InChI is InChI=1S/C19H25N3O2S.ClH/c1-13(2)24-16-8-6-14(7-9-16)18-21-17(12-25-18)19(23)22-10-4-5-15(22)11-20-3;/h6-9,12-13,15,20H,4-5,10-11H2,1-3H3;1H. The van der Waals surface area contributed by atoms with Crippen molar-refractivity contribution in [3.63, 3.8) is 0 Å². The van der Waals surface area contributed by atoms with Crippen molar-refractivity contribution in [3.05, 3.63) is 35.3 Å². The minimum absolute atomic E-state index is 0. The molecule has 0 bridgehead atoms. The number of carbonyl (C=O) groups excluding carboxylic acids is 1. The van der Waals surface area contributed by atoms with Gasteiger partial charge in [0.15, 0.2) is 0 Å². The molecule has 2 heterocycles. The summed E-state index contributed by atoms with van der Waals surface area (Å²) in [6, 6.07) is 8.15. The zero-order valence-corrected chi connectivity index (χ0v) is 17.0. The van der Waals surface area contributed by atoms with Crippen LogP contribution in [0.3, 0.4) is 0 Å². The summed E-state index contributed by atoms with van der Waals surface area (Å²) >= 11 is 1.51. The largest absolute Gasteiger partial charge is 0.491 e. The first-order valence-corrected chi connectivity index (χ1v) is 9.64. The van der Waals surface area contributed by atoms with Gasteiger partial charge in [-0.3, -0.25) is 4.79 Å². The summed E-state index contributed by atoms with van der Waals surface area (Å²) in [7, 11) is 1.93. The summed E-state index contributed by atoms with van der Waals surface area (Å²) in [4.78, 5) is 19.3. The molecule has 1 unspecified atom stereocenters. The highest BCUT2D eigenvalue weighted by Gasteiger charge is 2.30. The Kier molecular flexibility index (Phi) is 7.43. The maximum Gasteiger partial charge on any atom is 0.273 e. The van der Waals surface area contributed by atoms with Crippen molar-refractivity contribution in [3.8, 4) is 16.3 Å². The number of nitrogens with zero attached hydrogens (tertiary/aromatic N) is 2. The van der Waals surface area contributed by atoms with E-state index in [0.717, 1.165) is 42.3 Å². The first kappa shape index (κ1) is 20.7. The van der Waals surface area contributed by atoms with E-state index in [9.17, 15) is 4.79 Å². The summed E-state index contributed by atoms with van der Waals surface area (Å²) in [6.07, 6.45) is 2.27. The number of amides is 1. The number of likely N-dealkylation sites (tertiary alicyclic amines) is 1. The average molecular weight is 396 g/mol. The van der Waals surface area contributed by atoms with Gasteiger partial charge in [-0.05, 0) is 58.0 Å². The van der Waals surface area contributed by atoms with Crippen LogP contribution in [0, 0.1) is 0 Å². The van der Waals surface area contributed by atoms with Crippen molar-refractivity contribution < 1.29 is 9.53 Å². The predicted octanol–water partition coefficient (Wildman–Crippen LogP) is 3.84. The van der Waals surface area contributed by atoms with Crippen molar-refractivity contribution in [2.45, 2.75) is 38.8 Å². The number of aromatic nitrogens is 1. The average Bonchev–Trinajstić information content (AvgIpc) is 3.24. The summed E-state index contributed by atoms with van der Waals surface area (Å²) < 4.78 is 5.67. The Morgan fingerprint density at radius 1 is 1.38 bits per heavy atom. The fourth-order valence-corrected chi connectivity index (χ4v) is 3.95. The molecule has 142 valence electrons. The summed E-state index contributed by atoms with van der Waals surface area (Å²) in [5.41, 5.74) is 1.55. The van der Waals surface area contributed by atoms with Crippen LogP contribution >= 0.6 is 23.7 Å². The lowest BCUT2D eigenvalue weighted by atomic mass is 10.2. The van der Waals surface area contributed by atoms with Gasteiger partial charge >= 0.3 is 0 Å². The molecule has 1 N–H and O–H groups in total. The molecule has 0 spiro atoms. The Bertz CT molecular complexity index is 718. The highest BCUT2D eigenvalue weighted by atomic mass is 35.5. The van der Waals surface area contributed by atoms with Crippen LogP contribution in [0.15, 0.2) is 29.6 Å². The predicted molar refractivity (Wildman–Crippen MR) is 109 cm³/mol. The van der Waals surface area contributed by atoms with E-state index in [1.807, 2.05) is 55.4 Å². The molecular weight excluding hydrogens is 370 g/mol.